The number of nitrogens with one attached hydrogen (secondary N) is 2. The van der Waals surface area contributed by atoms with E-state index < -0.39 is 0 Å². The molecule has 0 aromatic carbocycles. The van der Waals surface area contributed by atoms with Crippen molar-refractivity contribution >= 4 is 5.91 Å². The summed E-state index contributed by atoms with van der Waals surface area (Å²) in [5.74, 6) is 1.38. The third kappa shape index (κ3) is 3.04. The fraction of sp³-hybridized carbons (Fsp3) is 0.929. The number of carbonyl (C=O) groups is 1. The van der Waals surface area contributed by atoms with Gasteiger partial charge in [0.2, 0.25) is 5.91 Å². The molecule has 1 amide bonds. The summed E-state index contributed by atoms with van der Waals surface area (Å²) >= 11 is 0. The molecule has 3 aliphatic rings. The van der Waals surface area contributed by atoms with Gasteiger partial charge in [0.25, 0.3) is 0 Å². The maximum absolute atomic E-state index is 11.9. The topological polar surface area (TPSA) is 50.4 Å². The van der Waals surface area contributed by atoms with Crippen LogP contribution in [-0.4, -0.2) is 37.7 Å². The molecule has 102 valence electrons. The van der Waals surface area contributed by atoms with Gasteiger partial charge in [-0.2, -0.15) is 0 Å². The van der Waals surface area contributed by atoms with Crippen LogP contribution in [0.25, 0.3) is 0 Å². The van der Waals surface area contributed by atoms with Gasteiger partial charge in [0.05, 0.1) is 6.61 Å². The summed E-state index contributed by atoms with van der Waals surface area (Å²) in [5, 5.41) is 6.70. The summed E-state index contributed by atoms with van der Waals surface area (Å²) in [6.07, 6.45) is 6.82. The van der Waals surface area contributed by atoms with Crippen LogP contribution in [0.5, 0.6) is 0 Å². The zero-order valence-corrected chi connectivity index (χ0v) is 11.0. The van der Waals surface area contributed by atoms with Crippen molar-refractivity contribution in [3.05, 3.63) is 0 Å². The smallest absolute Gasteiger partial charge is 0.220 e. The molecule has 3 rings (SSSR count). The summed E-state index contributed by atoms with van der Waals surface area (Å²) in [4.78, 5) is 11.9. The van der Waals surface area contributed by atoms with Gasteiger partial charge in [-0.15, -0.1) is 0 Å². The van der Waals surface area contributed by atoms with E-state index in [2.05, 4.69) is 10.6 Å². The number of piperidine rings is 1. The van der Waals surface area contributed by atoms with Gasteiger partial charge in [0.15, 0.2) is 0 Å². The lowest BCUT2D eigenvalue weighted by molar-refractivity contribution is -0.122. The third-order valence-electron chi connectivity index (χ3n) is 4.66. The van der Waals surface area contributed by atoms with Crippen LogP contribution >= 0.6 is 0 Å². The summed E-state index contributed by atoms with van der Waals surface area (Å²) in [5.41, 5.74) is 0. The van der Waals surface area contributed by atoms with Crippen LogP contribution in [0, 0.1) is 11.8 Å². The van der Waals surface area contributed by atoms with Crippen molar-refractivity contribution in [2.24, 2.45) is 11.8 Å². The van der Waals surface area contributed by atoms with Gasteiger partial charge < -0.3 is 15.4 Å². The Morgan fingerprint density at radius 1 is 1.17 bits per heavy atom. The molecule has 3 fully saturated rings. The van der Waals surface area contributed by atoms with E-state index in [0.717, 1.165) is 32.6 Å². The van der Waals surface area contributed by atoms with Crippen LogP contribution in [0.1, 0.15) is 38.5 Å². The van der Waals surface area contributed by atoms with Crippen LogP contribution in [0.15, 0.2) is 0 Å². The molecule has 0 aliphatic carbocycles. The van der Waals surface area contributed by atoms with E-state index in [1.165, 1.54) is 25.7 Å². The largest absolute Gasteiger partial charge is 0.381 e. The summed E-state index contributed by atoms with van der Waals surface area (Å²) in [6.45, 7) is 2.48. The molecule has 0 saturated carbocycles. The molecule has 4 heteroatoms. The first-order valence-electron chi connectivity index (χ1n) is 7.40. The third-order valence-corrected chi connectivity index (χ3v) is 4.66. The van der Waals surface area contributed by atoms with E-state index >= 15 is 0 Å². The summed E-state index contributed by atoms with van der Waals surface area (Å²) < 4.78 is 5.32. The molecule has 3 aliphatic heterocycles. The predicted octanol–water partition coefficient (Wildman–Crippen LogP) is 1.06. The number of rotatable bonds is 4. The van der Waals surface area contributed by atoms with Crippen LogP contribution in [0.4, 0.5) is 0 Å². The molecule has 2 N–H and O–H groups in total. The number of hydrogen-bond donors (Lipinski definition) is 2. The van der Waals surface area contributed by atoms with Crippen molar-refractivity contribution in [1.29, 1.82) is 0 Å². The molecule has 0 aromatic rings. The van der Waals surface area contributed by atoms with Crippen molar-refractivity contribution in [1.82, 2.24) is 10.6 Å². The van der Waals surface area contributed by atoms with E-state index in [9.17, 15) is 4.79 Å². The fourth-order valence-electron chi connectivity index (χ4n) is 3.68. The quantitative estimate of drug-likeness (QED) is 0.786. The second-order valence-electron chi connectivity index (χ2n) is 6.21. The number of amides is 1. The highest BCUT2D eigenvalue weighted by Crippen LogP contribution is 2.32. The standard InChI is InChI=1S/C14H24N2O2/c17-14(15-8-10-3-4-18-9-10)7-11-5-12-1-2-13(6-11)16-12/h10-13,16H,1-9H2,(H,15,17). The maximum Gasteiger partial charge on any atom is 0.220 e. The molecule has 18 heavy (non-hydrogen) atoms. The van der Waals surface area contributed by atoms with Crippen molar-refractivity contribution in [3.63, 3.8) is 0 Å². The van der Waals surface area contributed by atoms with Gasteiger partial charge in [-0.1, -0.05) is 0 Å². The first-order valence-corrected chi connectivity index (χ1v) is 7.40. The van der Waals surface area contributed by atoms with Crippen molar-refractivity contribution in [3.8, 4) is 0 Å². The lowest BCUT2D eigenvalue weighted by Gasteiger charge is -2.28. The molecule has 3 heterocycles. The highest BCUT2D eigenvalue weighted by Gasteiger charge is 2.34. The predicted molar refractivity (Wildman–Crippen MR) is 69.2 cm³/mol. The Hall–Kier alpha value is -0.610. The number of carbonyl (C=O) groups excluding carboxylic acids is 1. The molecule has 0 radical (unpaired) electrons. The highest BCUT2D eigenvalue weighted by molar-refractivity contribution is 5.76. The van der Waals surface area contributed by atoms with Gasteiger partial charge in [-0.25, -0.2) is 0 Å². The van der Waals surface area contributed by atoms with Gasteiger partial charge in [0.1, 0.15) is 0 Å². The molecule has 3 atom stereocenters. The Bertz CT molecular complexity index is 290. The first kappa shape index (κ1) is 12.4. The molecule has 2 bridgehead atoms. The van der Waals surface area contributed by atoms with Crippen LogP contribution < -0.4 is 10.6 Å². The monoisotopic (exact) mass is 252 g/mol. The Labute approximate surface area is 109 Å². The minimum atomic E-state index is 0.244. The van der Waals surface area contributed by atoms with Crippen LogP contribution in [-0.2, 0) is 9.53 Å². The zero-order valence-electron chi connectivity index (χ0n) is 11.0. The average Bonchev–Trinajstić information content (AvgIpc) is 2.97. The summed E-state index contributed by atoms with van der Waals surface area (Å²) in [7, 11) is 0. The number of ether oxygens (including phenoxy) is 1. The van der Waals surface area contributed by atoms with Crippen molar-refractivity contribution in [2.45, 2.75) is 50.6 Å². The van der Waals surface area contributed by atoms with E-state index in [0.29, 0.717) is 23.9 Å². The van der Waals surface area contributed by atoms with Crippen LogP contribution in [0.2, 0.25) is 0 Å². The Balaban J connectivity index is 1.38. The SMILES string of the molecule is O=C(CC1CC2CCC(C1)N2)NCC1CCOC1. The van der Waals surface area contributed by atoms with Crippen molar-refractivity contribution < 1.29 is 9.53 Å². The van der Waals surface area contributed by atoms with E-state index in [1.807, 2.05) is 0 Å². The van der Waals surface area contributed by atoms with Gasteiger partial charge in [-0.05, 0) is 38.0 Å². The number of hydrogen-bond acceptors (Lipinski definition) is 3. The Morgan fingerprint density at radius 3 is 2.61 bits per heavy atom. The minimum absolute atomic E-state index is 0.244. The lowest BCUT2D eigenvalue weighted by Crippen LogP contribution is -2.40. The van der Waals surface area contributed by atoms with E-state index in [4.69, 9.17) is 4.74 Å². The normalized spacial score (nSPS) is 38.9. The average molecular weight is 252 g/mol. The maximum atomic E-state index is 11.9. The number of fused-ring (bicyclic) bond motifs is 2. The summed E-state index contributed by atoms with van der Waals surface area (Å²) in [6, 6.07) is 1.37. The fourth-order valence-corrected chi connectivity index (χ4v) is 3.68. The molecule has 3 unspecified atom stereocenters. The second kappa shape index (κ2) is 5.57. The molecule has 4 nitrogen and oxygen atoms in total. The Kier molecular flexibility index (Phi) is 3.85. The molecule has 3 saturated heterocycles. The van der Waals surface area contributed by atoms with Crippen LogP contribution in [0.3, 0.4) is 0 Å². The van der Waals surface area contributed by atoms with Gasteiger partial charge >= 0.3 is 0 Å². The van der Waals surface area contributed by atoms with E-state index in [1.54, 1.807) is 0 Å². The highest BCUT2D eigenvalue weighted by atomic mass is 16.5. The minimum Gasteiger partial charge on any atom is -0.381 e. The molecule has 0 aromatic heterocycles. The molecular formula is C14H24N2O2. The van der Waals surface area contributed by atoms with Gasteiger partial charge in [-0.3, -0.25) is 4.79 Å². The molecule has 0 spiro atoms. The first-order chi connectivity index (χ1) is 8.79. The molecular weight excluding hydrogens is 228 g/mol. The zero-order chi connectivity index (χ0) is 12.4. The second-order valence-corrected chi connectivity index (χ2v) is 6.21. The van der Waals surface area contributed by atoms with Gasteiger partial charge in [0, 0.05) is 37.6 Å². The van der Waals surface area contributed by atoms with E-state index in [-0.39, 0.29) is 5.91 Å². The van der Waals surface area contributed by atoms with Crippen molar-refractivity contribution in [2.75, 3.05) is 19.8 Å². The lowest BCUT2D eigenvalue weighted by atomic mass is 9.89. The Morgan fingerprint density at radius 2 is 1.94 bits per heavy atom.